The van der Waals surface area contributed by atoms with Gasteiger partial charge in [0, 0.05) is 18.0 Å². The first kappa shape index (κ1) is 17.3. The molecule has 0 saturated carbocycles. The van der Waals surface area contributed by atoms with E-state index in [0.717, 1.165) is 16.9 Å². The molecule has 140 valence electrons. The fourth-order valence-electron chi connectivity index (χ4n) is 2.90. The molecule has 5 rings (SSSR count). The van der Waals surface area contributed by atoms with Crippen molar-refractivity contribution < 1.29 is 4.74 Å². The standard InChI is InChI=1S/C22H14N4O2S/c27-21-19(29-22-24-20(25-26(21)22)16-9-11-23-12-10-16)14-15-5-4-8-18(13-15)28-17-6-2-1-3-7-17/h1-14H. The van der Waals surface area contributed by atoms with Crippen LogP contribution in [0.1, 0.15) is 5.56 Å². The molecule has 3 aromatic heterocycles. The number of hydrogen-bond donors (Lipinski definition) is 0. The van der Waals surface area contributed by atoms with Crippen LogP contribution in [0.5, 0.6) is 11.5 Å². The summed E-state index contributed by atoms with van der Waals surface area (Å²) in [7, 11) is 0. The molecule has 0 atom stereocenters. The Bertz CT molecular complexity index is 1400. The Morgan fingerprint density at radius 3 is 2.52 bits per heavy atom. The summed E-state index contributed by atoms with van der Waals surface area (Å²) in [6.07, 6.45) is 5.17. The van der Waals surface area contributed by atoms with Gasteiger partial charge in [-0.15, -0.1) is 5.10 Å². The summed E-state index contributed by atoms with van der Waals surface area (Å²) < 4.78 is 7.78. The molecule has 29 heavy (non-hydrogen) atoms. The number of fused-ring (bicyclic) bond motifs is 1. The third-order valence-electron chi connectivity index (χ3n) is 4.26. The van der Waals surface area contributed by atoms with E-state index in [9.17, 15) is 4.79 Å². The average Bonchev–Trinajstić information content (AvgIpc) is 3.29. The van der Waals surface area contributed by atoms with E-state index in [1.165, 1.54) is 15.9 Å². The number of aromatic nitrogens is 4. The quantitative estimate of drug-likeness (QED) is 0.463. The number of rotatable bonds is 4. The van der Waals surface area contributed by atoms with Crippen LogP contribution in [0.15, 0.2) is 83.9 Å². The van der Waals surface area contributed by atoms with Crippen molar-refractivity contribution in [2.75, 3.05) is 0 Å². The zero-order chi connectivity index (χ0) is 19.6. The van der Waals surface area contributed by atoms with E-state index in [2.05, 4.69) is 15.1 Å². The van der Waals surface area contributed by atoms with Gasteiger partial charge in [0.1, 0.15) is 11.5 Å². The summed E-state index contributed by atoms with van der Waals surface area (Å²) in [5, 5.41) is 4.35. The topological polar surface area (TPSA) is 69.4 Å². The van der Waals surface area contributed by atoms with Crippen LogP contribution < -0.4 is 14.8 Å². The van der Waals surface area contributed by atoms with E-state index in [-0.39, 0.29) is 5.56 Å². The number of thiazole rings is 1. The molecule has 2 aromatic carbocycles. The van der Waals surface area contributed by atoms with Crippen LogP contribution in [0.4, 0.5) is 0 Å². The Morgan fingerprint density at radius 2 is 1.72 bits per heavy atom. The molecule has 0 spiro atoms. The maximum atomic E-state index is 12.7. The second-order valence-corrected chi connectivity index (χ2v) is 7.28. The predicted octanol–water partition coefficient (Wildman–Crippen LogP) is 3.55. The molecule has 7 heteroatoms. The van der Waals surface area contributed by atoms with Gasteiger partial charge < -0.3 is 4.74 Å². The first-order valence-electron chi connectivity index (χ1n) is 8.91. The third kappa shape index (κ3) is 3.51. The maximum absolute atomic E-state index is 12.7. The SMILES string of the molecule is O=c1c(=Cc2cccc(Oc3ccccc3)c2)sc2nc(-c3ccncc3)nn12. The Morgan fingerprint density at radius 1 is 0.931 bits per heavy atom. The predicted molar refractivity (Wildman–Crippen MR) is 112 cm³/mol. The molecular weight excluding hydrogens is 384 g/mol. The van der Waals surface area contributed by atoms with E-state index in [1.807, 2.05) is 72.8 Å². The van der Waals surface area contributed by atoms with Gasteiger partial charge >= 0.3 is 0 Å². The zero-order valence-corrected chi connectivity index (χ0v) is 15.9. The van der Waals surface area contributed by atoms with Gasteiger partial charge in [0.15, 0.2) is 5.82 Å². The van der Waals surface area contributed by atoms with E-state index in [4.69, 9.17) is 4.74 Å². The number of para-hydroxylation sites is 1. The van der Waals surface area contributed by atoms with Crippen molar-refractivity contribution in [2.24, 2.45) is 0 Å². The van der Waals surface area contributed by atoms with Gasteiger partial charge in [-0.05, 0) is 48.0 Å². The lowest BCUT2D eigenvalue weighted by Crippen LogP contribution is -2.23. The van der Waals surface area contributed by atoms with Gasteiger partial charge in [0.05, 0.1) is 4.53 Å². The van der Waals surface area contributed by atoms with Crippen LogP contribution in [0.25, 0.3) is 22.4 Å². The average molecular weight is 398 g/mol. The number of nitrogens with zero attached hydrogens (tertiary/aromatic N) is 4. The molecule has 0 amide bonds. The van der Waals surface area contributed by atoms with Crippen molar-refractivity contribution in [1.29, 1.82) is 0 Å². The first-order chi connectivity index (χ1) is 14.3. The Balaban J connectivity index is 1.49. The first-order valence-corrected chi connectivity index (χ1v) is 9.72. The normalized spacial score (nSPS) is 11.8. The van der Waals surface area contributed by atoms with Crippen LogP contribution in [-0.2, 0) is 0 Å². The van der Waals surface area contributed by atoms with Crippen LogP contribution in [0, 0.1) is 0 Å². The molecule has 0 radical (unpaired) electrons. The zero-order valence-electron chi connectivity index (χ0n) is 15.1. The molecule has 5 aromatic rings. The van der Waals surface area contributed by atoms with Gasteiger partial charge in [-0.2, -0.15) is 9.50 Å². The summed E-state index contributed by atoms with van der Waals surface area (Å²) >= 11 is 1.31. The second-order valence-electron chi connectivity index (χ2n) is 6.27. The molecule has 3 heterocycles. The fourth-order valence-corrected chi connectivity index (χ4v) is 3.81. The Hall–Kier alpha value is -3.84. The van der Waals surface area contributed by atoms with E-state index in [0.29, 0.717) is 21.1 Å². The number of hydrogen-bond acceptors (Lipinski definition) is 6. The molecule has 0 aliphatic rings. The largest absolute Gasteiger partial charge is 0.457 e. The number of benzene rings is 2. The van der Waals surface area contributed by atoms with Crippen molar-refractivity contribution >= 4 is 22.4 Å². The molecule has 0 bridgehead atoms. The highest BCUT2D eigenvalue weighted by Gasteiger charge is 2.11. The van der Waals surface area contributed by atoms with Crippen molar-refractivity contribution in [3.05, 3.63) is 99.6 Å². The monoisotopic (exact) mass is 398 g/mol. The van der Waals surface area contributed by atoms with E-state index in [1.54, 1.807) is 12.4 Å². The minimum absolute atomic E-state index is 0.188. The highest BCUT2D eigenvalue weighted by atomic mass is 32.1. The second kappa shape index (κ2) is 7.29. The molecule has 0 saturated heterocycles. The lowest BCUT2D eigenvalue weighted by molar-refractivity contribution is 0.482. The smallest absolute Gasteiger partial charge is 0.291 e. The van der Waals surface area contributed by atoms with Gasteiger partial charge in [-0.3, -0.25) is 9.78 Å². The van der Waals surface area contributed by atoms with Crippen molar-refractivity contribution in [3.8, 4) is 22.9 Å². The lowest BCUT2D eigenvalue weighted by atomic mass is 10.2. The summed E-state index contributed by atoms with van der Waals surface area (Å²) in [6.45, 7) is 0. The van der Waals surface area contributed by atoms with Crippen LogP contribution in [0.2, 0.25) is 0 Å². The summed E-state index contributed by atoms with van der Waals surface area (Å²) in [5.74, 6) is 1.98. The molecule has 0 aliphatic carbocycles. The van der Waals surface area contributed by atoms with Crippen molar-refractivity contribution in [2.45, 2.75) is 0 Å². The van der Waals surface area contributed by atoms with E-state index < -0.39 is 0 Å². The van der Waals surface area contributed by atoms with Crippen molar-refractivity contribution in [3.63, 3.8) is 0 Å². The third-order valence-corrected chi connectivity index (χ3v) is 5.21. The lowest BCUT2D eigenvalue weighted by Gasteiger charge is -2.05. The molecule has 0 unspecified atom stereocenters. The van der Waals surface area contributed by atoms with Gasteiger partial charge in [0.2, 0.25) is 4.96 Å². The molecule has 6 nitrogen and oxygen atoms in total. The maximum Gasteiger partial charge on any atom is 0.291 e. The Kier molecular flexibility index (Phi) is 4.34. The van der Waals surface area contributed by atoms with E-state index >= 15 is 0 Å². The van der Waals surface area contributed by atoms with Crippen LogP contribution in [-0.4, -0.2) is 19.6 Å². The van der Waals surface area contributed by atoms with Gasteiger partial charge in [-0.25, -0.2) is 0 Å². The molecule has 0 fully saturated rings. The Labute approximate surface area is 169 Å². The van der Waals surface area contributed by atoms with Gasteiger partial charge in [-0.1, -0.05) is 41.7 Å². The number of pyridine rings is 1. The summed E-state index contributed by atoms with van der Waals surface area (Å²) in [6, 6.07) is 20.8. The van der Waals surface area contributed by atoms with Gasteiger partial charge in [0.25, 0.3) is 5.56 Å². The molecule has 0 aliphatic heterocycles. The summed E-state index contributed by atoms with van der Waals surface area (Å²) in [4.78, 5) is 21.8. The molecule has 0 N–H and O–H groups in total. The van der Waals surface area contributed by atoms with Crippen molar-refractivity contribution in [1.82, 2.24) is 19.6 Å². The fraction of sp³-hybridized carbons (Fsp3) is 0. The minimum atomic E-state index is -0.188. The minimum Gasteiger partial charge on any atom is -0.457 e. The highest BCUT2D eigenvalue weighted by Crippen LogP contribution is 2.22. The summed E-state index contributed by atoms with van der Waals surface area (Å²) in [5.41, 5.74) is 1.51. The number of ether oxygens (including phenoxy) is 1. The highest BCUT2D eigenvalue weighted by molar-refractivity contribution is 7.15. The molecular formula is C22H14N4O2S. The van der Waals surface area contributed by atoms with Crippen LogP contribution in [0.3, 0.4) is 0 Å². The van der Waals surface area contributed by atoms with Crippen LogP contribution >= 0.6 is 11.3 Å².